The molecule has 3 heterocycles. The van der Waals surface area contributed by atoms with E-state index in [4.69, 9.17) is 4.74 Å². The Balaban J connectivity index is 1.82. The highest BCUT2D eigenvalue weighted by atomic mass is 19.1. The van der Waals surface area contributed by atoms with Gasteiger partial charge < -0.3 is 19.3 Å². The molecule has 0 radical (unpaired) electrons. The Bertz CT molecular complexity index is 1100. The molecule has 1 saturated carbocycles. The van der Waals surface area contributed by atoms with Crippen LogP contribution in [-0.4, -0.2) is 40.9 Å². The van der Waals surface area contributed by atoms with Crippen molar-refractivity contribution >= 4 is 28.6 Å². The molecule has 0 unspecified atom stereocenters. The molecule has 152 valence electrons. The average Bonchev–Trinajstić information content (AvgIpc) is 3.47. The number of carbonyl (C=O) groups is 1. The molecule has 0 bridgehead atoms. The van der Waals surface area contributed by atoms with Gasteiger partial charge in [0.25, 0.3) is 0 Å². The topological polar surface area (TPSA) is 71.8 Å². The molecule has 1 aliphatic carbocycles. The third-order valence-electron chi connectivity index (χ3n) is 6.09. The Morgan fingerprint density at radius 1 is 1.34 bits per heavy atom. The van der Waals surface area contributed by atoms with Crippen LogP contribution >= 0.6 is 0 Å². The summed E-state index contributed by atoms with van der Waals surface area (Å²) in [6.45, 7) is 2.22. The molecule has 1 aromatic heterocycles. The number of hydrogen-bond acceptors (Lipinski definition) is 5. The summed E-state index contributed by atoms with van der Waals surface area (Å²) in [4.78, 5) is 27.4. The second-order valence-electron chi connectivity index (χ2n) is 8.08. The summed E-state index contributed by atoms with van der Waals surface area (Å²) in [5, 5.41) is 10.3. The lowest BCUT2D eigenvalue weighted by atomic mass is 10.0. The molecule has 6 nitrogen and oxygen atoms in total. The van der Waals surface area contributed by atoms with E-state index in [1.165, 1.54) is 6.07 Å². The molecule has 1 aromatic carbocycles. The first-order valence-corrected chi connectivity index (χ1v) is 10.2. The van der Waals surface area contributed by atoms with Crippen molar-refractivity contribution in [2.24, 2.45) is 0 Å². The van der Waals surface area contributed by atoms with Crippen LogP contribution in [-0.2, 0) is 4.74 Å². The van der Waals surface area contributed by atoms with E-state index >= 15 is 4.39 Å². The van der Waals surface area contributed by atoms with E-state index in [0.717, 1.165) is 12.8 Å². The van der Waals surface area contributed by atoms with Crippen LogP contribution in [0.25, 0.3) is 17.0 Å². The zero-order valence-electron chi connectivity index (χ0n) is 16.2. The Morgan fingerprint density at radius 2 is 2.14 bits per heavy atom. The van der Waals surface area contributed by atoms with E-state index in [-0.39, 0.29) is 29.6 Å². The molecule has 3 aliphatic rings. The van der Waals surface area contributed by atoms with Crippen LogP contribution in [0.4, 0.5) is 10.1 Å². The van der Waals surface area contributed by atoms with Gasteiger partial charge in [-0.15, -0.1) is 0 Å². The molecule has 0 amide bonds. The number of pyridine rings is 1. The minimum Gasteiger partial charge on any atom is -0.462 e. The summed E-state index contributed by atoms with van der Waals surface area (Å²) in [7, 11) is 0. The average molecular weight is 398 g/mol. The van der Waals surface area contributed by atoms with Crippen LogP contribution in [0, 0.1) is 5.82 Å². The summed E-state index contributed by atoms with van der Waals surface area (Å²) in [5.74, 6) is -1.18. The lowest BCUT2D eigenvalue weighted by molar-refractivity contribution is 0.0524. The molecule has 2 fully saturated rings. The third-order valence-corrected chi connectivity index (χ3v) is 6.09. The summed E-state index contributed by atoms with van der Waals surface area (Å²) < 4.78 is 22.3. The second kappa shape index (κ2) is 6.69. The summed E-state index contributed by atoms with van der Waals surface area (Å²) in [6, 6.07) is 1.46. The summed E-state index contributed by atoms with van der Waals surface area (Å²) in [5.41, 5.74) is 1.17. The van der Waals surface area contributed by atoms with E-state index < -0.39 is 23.3 Å². The van der Waals surface area contributed by atoms with E-state index in [0.29, 0.717) is 36.2 Å². The van der Waals surface area contributed by atoms with Crippen molar-refractivity contribution in [2.45, 2.75) is 50.8 Å². The number of anilines is 1. The van der Waals surface area contributed by atoms with Crippen molar-refractivity contribution in [3.05, 3.63) is 45.5 Å². The van der Waals surface area contributed by atoms with E-state index in [2.05, 4.69) is 0 Å². The lowest BCUT2D eigenvalue weighted by Gasteiger charge is -2.27. The van der Waals surface area contributed by atoms with Crippen molar-refractivity contribution < 1.29 is 19.0 Å². The van der Waals surface area contributed by atoms with Crippen LogP contribution < -0.4 is 10.3 Å². The number of esters is 1. The van der Waals surface area contributed by atoms with Crippen molar-refractivity contribution in [1.82, 2.24) is 4.57 Å². The van der Waals surface area contributed by atoms with Crippen LogP contribution in [0.3, 0.4) is 0 Å². The van der Waals surface area contributed by atoms with E-state index in [1.54, 1.807) is 13.1 Å². The SMILES string of the molecule is CCOC(=O)c1cn(C2CC2)c2c3c(c(F)cc2c1=O)N1C[C@H](O)C[C@H]1CC=C3. The first-order chi connectivity index (χ1) is 14.0. The second-order valence-corrected chi connectivity index (χ2v) is 8.08. The van der Waals surface area contributed by atoms with Gasteiger partial charge in [-0.1, -0.05) is 12.2 Å². The number of carbonyl (C=O) groups excluding carboxylic acids is 1. The molecular formula is C22H23FN2O4. The maximum absolute atomic E-state index is 15.3. The van der Waals surface area contributed by atoms with Gasteiger partial charge in [0.1, 0.15) is 11.4 Å². The smallest absolute Gasteiger partial charge is 0.343 e. The van der Waals surface area contributed by atoms with Gasteiger partial charge in [0, 0.05) is 30.4 Å². The highest BCUT2D eigenvalue weighted by Crippen LogP contribution is 2.43. The number of benzene rings is 1. The fourth-order valence-corrected chi connectivity index (χ4v) is 4.68. The van der Waals surface area contributed by atoms with Crippen LogP contribution in [0.1, 0.15) is 54.6 Å². The molecule has 29 heavy (non-hydrogen) atoms. The number of aliphatic hydroxyl groups excluding tert-OH is 1. The first kappa shape index (κ1) is 18.4. The number of aromatic nitrogens is 1. The fraction of sp³-hybridized carbons (Fsp3) is 0.455. The quantitative estimate of drug-likeness (QED) is 0.805. The van der Waals surface area contributed by atoms with E-state index in [1.807, 2.05) is 21.6 Å². The van der Waals surface area contributed by atoms with Gasteiger partial charge in [0.05, 0.1) is 29.3 Å². The Labute approximate surface area is 167 Å². The van der Waals surface area contributed by atoms with Crippen LogP contribution in [0.2, 0.25) is 0 Å². The fourth-order valence-electron chi connectivity index (χ4n) is 4.68. The third kappa shape index (κ3) is 2.87. The summed E-state index contributed by atoms with van der Waals surface area (Å²) in [6.07, 6.45) is 8.15. The molecule has 7 heteroatoms. The zero-order chi connectivity index (χ0) is 20.3. The predicted molar refractivity (Wildman–Crippen MR) is 108 cm³/mol. The maximum Gasteiger partial charge on any atom is 0.343 e. The van der Waals surface area contributed by atoms with Crippen molar-refractivity contribution in [3.8, 4) is 0 Å². The number of hydrogen-bond donors (Lipinski definition) is 1. The zero-order valence-corrected chi connectivity index (χ0v) is 16.2. The lowest BCUT2D eigenvalue weighted by Crippen LogP contribution is -2.30. The standard InChI is InChI=1S/C22H23FN2O4/c1-2-29-22(28)17-11-25(12-6-7-12)19-15-5-3-4-13-8-14(26)10-24(13)20(15)18(23)9-16(19)21(17)27/h3,5,9,11-14,26H,2,4,6-8,10H2,1H3/t13-,14-/m1/s1. The van der Waals surface area contributed by atoms with Gasteiger partial charge in [-0.3, -0.25) is 4.79 Å². The molecule has 2 atom stereocenters. The number of halogens is 1. The Morgan fingerprint density at radius 3 is 2.86 bits per heavy atom. The normalized spacial score (nSPS) is 23.1. The largest absolute Gasteiger partial charge is 0.462 e. The highest BCUT2D eigenvalue weighted by Gasteiger charge is 2.36. The van der Waals surface area contributed by atoms with Crippen molar-refractivity contribution in [2.75, 3.05) is 18.1 Å². The predicted octanol–water partition coefficient (Wildman–Crippen LogP) is 3.01. The number of nitrogens with zero attached hydrogens (tertiary/aromatic N) is 2. The molecule has 1 N–H and O–H groups in total. The maximum atomic E-state index is 15.3. The van der Waals surface area contributed by atoms with E-state index in [9.17, 15) is 14.7 Å². The molecule has 2 aliphatic heterocycles. The Kier molecular flexibility index (Phi) is 4.24. The molecule has 5 rings (SSSR count). The van der Waals surface area contributed by atoms with Crippen molar-refractivity contribution in [1.29, 1.82) is 0 Å². The monoisotopic (exact) mass is 398 g/mol. The minimum absolute atomic E-state index is 0.0364. The Hall–Kier alpha value is -2.67. The highest BCUT2D eigenvalue weighted by molar-refractivity contribution is 5.99. The number of ether oxygens (including phenoxy) is 1. The number of fused-ring (bicyclic) bond motifs is 5. The van der Waals surface area contributed by atoms with Gasteiger partial charge in [-0.05, 0) is 38.7 Å². The van der Waals surface area contributed by atoms with Gasteiger partial charge in [0.2, 0.25) is 5.43 Å². The van der Waals surface area contributed by atoms with Crippen LogP contribution in [0.5, 0.6) is 0 Å². The molecule has 0 spiro atoms. The molecule has 1 saturated heterocycles. The first-order valence-electron chi connectivity index (χ1n) is 10.2. The van der Waals surface area contributed by atoms with Gasteiger partial charge in [-0.25, -0.2) is 9.18 Å². The molecular weight excluding hydrogens is 375 g/mol. The van der Waals surface area contributed by atoms with Gasteiger partial charge in [0.15, 0.2) is 0 Å². The van der Waals surface area contributed by atoms with Crippen molar-refractivity contribution in [3.63, 3.8) is 0 Å². The van der Waals surface area contributed by atoms with Crippen LogP contribution in [0.15, 0.2) is 23.1 Å². The number of rotatable bonds is 3. The van der Waals surface area contributed by atoms with Gasteiger partial charge >= 0.3 is 5.97 Å². The molecule has 2 aromatic rings. The number of aliphatic hydroxyl groups is 1. The van der Waals surface area contributed by atoms with Gasteiger partial charge in [-0.2, -0.15) is 0 Å². The summed E-state index contributed by atoms with van der Waals surface area (Å²) >= 11 is 0. The minimum atomic E-state index is -0.678.